The molecular formula is C23H19ClF3N3O4. The number of hydrogen-bond acceptors (Lipinski definition) is 5. The van der Waals surface area contributed by atoms with Crippen molar-refractivity contribution in [2.45, 2.75) is 12.7 Å². The zero-order chi connectivity index (χ0) is 25.1. The molecule has 7 nitrogen and oxygen atoms in total. The highest BCUT2D eigenvalue weighted by Crippen LogP contribution is 2.31. The minimum Gasteiger partial charge on any atom is -0.545 e. The molecule has 178 valence electrons. The molecule has 0 amide bonds. The molecule has 0 saturated heterocycles. The standard InChI is InChI=1S/C19H15ClF3N3.C4H4O4/c20-15-6-4-13(5-7-15)11-24-17-8-9-18(25-12-17)26-16-3-1-2-14(10-16)19(21,22)23;5-3(6)1-2-4(7)8/h1-10,12,24H,11H2,(H,25,26);1-2H,(H,5,6)(H,7,8)/b;2-1+. The van der Waals surface area contributed by atoms with Crippen molar-refractivity contribution < 1.29 is 38.0 Å². The van der Waals surface area contributed by atoms with Crippen molar-refractivity contribution in [3.05, 3.63) is 95.2 Å². The van der Waals surface area contributed by atoms with Gasteiger partial charge >= 0.3 is 12.1 Å². The molecule has 0 aliphatic carbocycles. The number of aromatic amines is 1. The second-order valence-corrected chi connectivity index (χ2v) is 7.10. The normalized spacial score (nSPS) is 10.8. The Morgan fingerprint density at radius 3 is 2.26 bits per heavy atom. The number of carboxylic acids is 2. The Morgan fingerprint density at radius 1 is 1.03 bits per heavy atom. The van der Waals surface area contributed by atoms with Crippen molar-refractivity contribution in [2.75, 3.05) is 10.6 Å². The molecule has 0 aliphatic rings. The van der Waals surface area contributed by atoms with Crippen LogP contribution in [-0.2, 0) is 22.3 Å². The van der Waals surface area contributed by atoms with Crippen LogP contribution in [0.5, 0.6) is 0 Å². The van der Waals surface area contributed by atoms with E-state index in [-0.39, 0.29) is 0 Å². The molecule has 0 radical (unpaired) electrons. The SMILES string of the molecule is FC(F)(F)c1cccc(Nc2ccc(NCc3ccc(Cl)cc3)c[nH+]2)c1.O=C([O-])/C=C/C(=O)O. The number of hydrogen-bond donors (Lipinski definition) is 3. The molecule has 1 aromatic heterocycles. The van der Waals surface area contributed by atoms with Crippen molar-refractivity contribution in [1.29, 1.82) is 0 Å². The first kappa shape index (κ1) is 26.2. The van der Waals surface area contributed by atoms with Gasteiger partial charge in [0.05, 0.1) is 17.2 Å². The molecule has 1 heterocycles. The number of carboxylic acid groups (broad SMARTS) is 2. The molecule has 0 fully saturated rings. The summed E-state index contributed by atoms with van der Waals surface area (Å²) in [5.41, 5.74) is 1.61. The van der Waals surface area contributed by atoms with E-state index in [0.29, 0.717) is 35.2 Å². The van der Waals surface area contributed by atoms with Gasteiger partial charge in [-0.15, -0.1) is 0 Å². The number of anilines is 3. The summed E-state index contributed by atoms with van der Waals surface area (Å²) in [6.07, 6.45) is -1.68. The predicted molar refractivity (Wildman–Crippen MR) is 118 cm³/mol. The molecule has 0 atom stereocenters. The van der Waals surface area contributed by atoms with Crippen LogP contribution in [-0.4, -0.2) is 17.0 Å². The maximum absolute atomic E-state index is 12.8. The number of halogens is 4. The minimum atomic E-state index is -4.36. The number of nitrogens with one attached hydrogen (secondary N) is 3. The first-order valence-corrected chi connectivity index (χ1v) is 9.97. The van der Waals surface area contributed by atoms with Crippen molar-refractivity contribution in [2.24, 2.45) is 0 Å². The summed E-state index contributed by atoms with van der Waals surface area (Å²) in [5.74, 6) is -2.22. The summed E-state index contributed by atoms with van der Waals surface area (Å²) in [4.78, 5) is 22.0. The molecule has 4 N–H and O–H groups in total. The summed E-state index contributed by atoms with van der Waals surface area (Å²) in [6.45, 7) is 0.630. The van der Waals surface area contributed by atoms with Gasteiger partial charge in [0.2, 0.25) is 0 Å². The van der Waals surface area contributed by atoms with Crippen molar-refractivity contribution >= 4 is 40.7 Å². The lowest BCUT2D eigenvalue weighted by Crippen LogP contribution is -2.19. The van der Waals surface area contributed by atoms with Crippen LogP contribution in [0.15, 0.2) is 79.0 Å². The van der Waals surface area contributed by atoms with E-state index in [1.165, 1.54) is 6.07 Å². The zero-order valence-corrected chi connectivity index (χ0v) is 18.2. The number of carbonyl (C=O) groups is 2. The number of aliphatic carboxylic acids is 2. The van der Waals surface area contributed by atoms with Crippen molar-refractivity contribution in [3.63, 3.8) is 0 Å². The number of benzene rings is 2. The van der Waals surface area contributed by atoms with E-state index < -0.39 is 23.7 Å². The Hall–Kier alpha value is -4.05. The van der Waals surface area contributed by atoms with Crippen LogP contribution in [0.3, 0.4) is 0 Å². The lowest BCUT2D eigenvalue weighted by atomic mass is 10.2. The maximum atomic E-state index is 12.8. The lowest BCUT2D eigenvalue weighted by Gasteiger charge is -2.08. The van der Waals surface area contributed by atoms with E-state index in [2.05, 4.69) is 15.6 Å². The van der Waals surface area contributed by atoms with E-state index in [1.54, 1.807) is 18.3 Å². The molecule has 3 rings (SSSR count). The van der Waals surface area contributed by atoms with E-state index in [0.717, 1.165) is 23.4 Å². The number of alkyl halides is 3. The summed E-state index contributed by atoms with van der Waals surface area (Å²) in [6, 6.07) is 16.2. The smallest absolute Gasteiger partial charge is 0.416 e. The van der Waals surface area contributed by atoms with E-state index in [9.17, 15) is 27.9 Å². The van der Waals surface area contributed by atoms with Crippen LogP contribution in [0.2, 0.25) is 5.02 Å². The molecular weight excluding hydrogens is 475 g/mol. The fourth-order valence-corrected chi connectivity index (χ4v) is 2.61. The van der Waals surface area contributed by atoms with Gasteiger partial charge in [-0.3, -0.25) is 0 Å². The topological polar surface area (TPSA) is 116 Å². The van der Waals surface area contributed by atoms with Gasteiger partial charge in [0.25, 0.3) is 5.82 Å². The molecule has 11 heteroatoms. The summed E-state index contributed by atoms with van der Waals surface area (Å²) >= 11 is 5.85. The van der Waals surface area contributed by atoms with Gasteiger partial charge in [0.1, 0.15) is 11.9 Å². The van der Waals surface area contributed by atoms with E-state index in [1.807, 2.05) is 30.3 Å². The number of pyridine rings is 1. The Morgan fingerprint density at radius 2 is 1.74 bits per heavy atom. The van der Waals surface area contributed by atoms with Crippen LogP contribution in [0.25, 0.3) is 0 Å². The second-order valence-electron chi connectivity index (χ2n) is 6.67. The van der Waals surface area contributed by atoms with E-state index in [4.69, 9.17) is 16.7 Å². The number of rotatable bonds is 7. The Labute approximate surface area is 197 Å². The summed E-state index contributed by atoms with van der Waals surface area (Å²) < 4.78 is 38.3. The quantitative estimate of drug-likeness (QED) is 0.430. The third kappa shape index (κ3) is 9.61. The molecule has 3 aromatic rings. The number of H-pyrrole nitrogens is 1. The Bertz CT molecular complexity index is 1120. The third-order valence-corrected chi connectivity index (χ3v) is 4.31. The van der Waals surface area contributed by atoms with Crippen LogP contribution in [0, 0.1) is 0 Å². The first-order valence-electron chi connectivity index (χ1n) is 9.59. The summed E-state index contributed by atoms with van der Waals surface area (Å²) in [7, 11) is 0. The summed E-state index contributed by atoms with van der Waals surface area (Å²) in [5, 5.41) is 24.1. The first-order chi connectivity index (χ1) is 16.0. The molecule has 0 bridgehead atoms. The fourth-order valence-electron chi connectivity index (χ4n) is 2.49. The highest BCUT2D eigenvalue weighted by Gasteiger charge is 2.30. The van der Waals surface area contributed by atoms with Gasteiger partial charge in [-0.25, -0.2) is 15.1 Å². The van der Waals surface area contributed by atoms with Gasteiger partial charge in [-0.2, -0.15) is 13.2 Å². The minimum absolute atomic E-state index is 0.359. The van der Waals surface area contributed by atoms with Crippen LogP contribution in [0.1, 0.15) is 11.1 Å². The van der Waals surface area contributed by atoms with Crippen molar-refractivity contribution in [3.8, 4) is 0 Å². The highest BCUT2D eigenvalue weighted by molar-refractivity contribution is 6.30. The van der Waals surface area contributed by atoms with Crippen molar-refractivity contribution in [1.82, 2.24) is 0 Å². The van der Waals surface area contributed by atoms with Crippen LogP contribution >= 0.6 is 11.6 Å². The molecule has 0 saturated carbocycles. The molecule has 0 aliphatic heterocycles. The monoisotopic (exact) mass is 493 g/mol. The highest BCUT2D eigenvalue weighted by atomic mass is 35.5. The zero-order valence-electron chi connectivity index (χ0n) is 17.4. The van der Waals surface area contributed by atoms with Gasteiger partial charge in [0.15, 0.2) is 0 Å². The van der Waals surface area contributed by atoms with E-state index >= 15 is 0 Å². The van der Waals surface area contributed by atoms with Crippen LogP contribution < -0.4 is 20.7 Å². The Balaban J connectivity index is 0.000000440. The third-order valence-electron chi connectivity index (χ3n) is 4.05. The molecule has 34 heavy (non-hydrogen) atoms. The van der Waals surface area contributed by atoms with Gasteiger partial charge in [-0.1, -0.05) is 29.8 Å². The largest absolute Gasteiger partial charge is 0.545 e. The number of aromatic nitrogens is 1. The molecule has 0 unspecified atom stereocenters. The molecule has 0 spiro atoms. The maximum Gasteiger partial charge on any atom is 0.416 e. The van der Waals surface area contributed by atoms with Crippen LogP contribution in [0.4, 0.5) is 30.4 Å². The number of carbonyl (C=O) groups excluding carboxylic acids is 1. The van der Waals surface area contributed by atoms with Gasteiger partial charge in [-0.05, 0) is 48.0 Å². The Kier molecular flexibility index (Phi) is 9.45. The predicted octanol–water partition coefficient (Wildman–Crippen LogP) is 3.91. The lowest BCUT2D eigenvalue weighted by molar-refractivity contribution is -0.359. The fraction of sp³-hybridized carbons (Fsp3) is 0.0870. The van der Waals surface area contributed by atoms with Gasteiger partial charge < -0.3 is 20.3 Å². The molecule has 2 aromatic carbocycles. The second kappa shape index (κ2) is 12.3. The average molecular weight is 494 g/mol. The average Bonchev–Trinajstić information content (AvgIpc) is 2.78. The van der Waals surface area contributed by atoms with Gasteiger partial charge in [0, 0.05) is 23.7 Å².